The second-order valence-electron chi connectivity index (χ2n) is 5.25. The van der Waals surface area contributed by atoms with E-state index in [-0.39, 0.29) is 11.8 Å². The molecule has 1 heterocycles. The Morgan fingerprint density at radius 2 is 2.25 bits per heavy atom. The first-order valence-electron chi connectivity index (χ1n) is 6.98. The maximum Gasteiger partial charge on any atom is 0.226 e. The van der Waals surface area contributed by atoms with Gasteiger partial charge in [-0.25, -0.2) is 4.98 Å². The van der Waals surface area contributed by atoms with Crippen LogP contribution in [0.1, 0.15) is 24.3 Å². The Hall–Kier alpha value is -1.68. The number of nitrogens with zero attached hydrogens (tertiary/aromatic N) is 2. The van der Waals surface area contributed by atoms with Gasteiger partial charge in [0.15, 0.2) is 0 Å². The van der Waals surface area contributed by atoms with Crippen molar-refractivity contribution in [3.63, 3.8) is 0 Å². The van der Waals surface area contributed by atoms with E-state index >= 15 is 0 Å². The summed E-state index contributed by atoms with van der Waals surface area (Å²) in [5, 5.41) is 1.01. The highest BCUT2D eigenvalue weighted by molar-refractivity contribution is 7.18. The average molecular weight is 286 g/mol. The molecular weight excluding hydrogens is 268 g/mol. The molecule has 20 heavy (non-hydrogen) atoms. The quantitative estimate of drug-likeness (QED) is 0.808. The molecule has 1 amide bonds. The van der Waals surface area contributed by atoms with E-state index < -0.39 is 0 Å². The van der Waals surface area contributed by atoms with E-state index in [9.17, 15) is 4.79 Å². The van der Waals surface area contributed by atoms with Gasteiger partial charge in [0.05, 0.1) is 16.8 Å². The van der Waals surface area contributed by atoms with Gasteiger partial charge in [0.1, 0.15) is 5.01 Å². The molecule has 1 aromatic heterocycles. The standard InChI is InChI=1S/C16H18N2OS/c1-18(16(19)12-7-3-2-4-8-12)11-15-17-13-9-5-6-10-14(13)20-15/h2-3,5-6,9-10,12H,4,7-8,11H2,1H3/t12-/m1/s1. The molecular formula is C16H18N2OS. The second-order valence-corrected chi connectivity index (χ2v) is 6.37. The number of thiazole rings is 1. The number of aromatic nitrogens is 1. The van der Waals surface area contributed by atoms with E-state index in [2.05, 4.69) is 23.2 Å². The summed E-state index contributed by atoms with van der Waals surface area (Å²) in [6.45, 7) is 0.610. The summed E-state index contributed by atoms with van der Waals surface area (Å²) in [5.41, 5.74) is 1.02. The van der Waals surface area contributed by atoms with Crippen molar-refractivity contribution in [3.8, 4) is 0 Å². The van der Waals surface area contributed by atoms with Crippen molar-refractivity contribution in [1.29, 1.82) is 0 Å². The third kappa shape index (κ3) is 2.75. The number of carbonyl (C=O) groups is 1. The van der Waals surface area contributed by atoms with E-state index in [1.807, 2.05) is 30.1 Å². The number of allylic oxidation sites excluding steroid dienone is 2. The lowest BCUT2D eigenvalue weighted by Gasteiger charge is -2.23. The number of hydrogen-bond donors (Lipinski definition) is 0. The number of hydrogen-bond acceptors (Lipinski definition) is 3. The van der Waals surface area contributed by atoms with Crippen LogP contribution in [-0.2, 0) is 11.3 Å². The Labute approximate surface area is 122 Å². The molecule has 0 saturated heterocycles. The number of para-hydroxylation sites is 1. The molecule has 1 aromatic carbocycles. The zero-order valence-corrected chi connectivity index (χ0v) is 12.4. The largest absolute Gasteiger partial charge is 0.339 e. The van der Waals surface area contributed by atoms with Crippen LogP contribution in [0.3, 0.4) is 0 Å². The molecule has 1 atom stereocenters. The van der Waals surface area contributed by atoms with Gasteiger partial charge in [0.2, 0.25) is 5.91 Å². The molecule has 0 fully saturated rings. The fraction of sp³-hybridized carbons (Fsp3) is 0.375. The van der Waals surface area contributed by atoms with Gasteiger partial charge < -0.3 is 4.90 Å². The Balaban J connectivity index is 1.70. The van der Waals surface area contributed by atoms with Gasteiger partial charge in [-0.3, -0.25) is 4.79 Å². The summed E-state index contributed by atoms with van der Waals surface area (Å²) < 4.78 is 1.18. The molecule has 0 N–H and O–H groups in total. The third-order valence-electron chi connectivity index (χ3n) is 3.71. The first-order chi connectivity index (χ1) is 9.74. The van der Waals surface area contributed by atoms with E-state index in [0.29, 0.717) is 6.54 Å². The molecule has 1 aliphatic rings. The summed E-state index contributed by atoms with van der Waals surface area (Å²) in [6, 6.07) is 8.11. The van der Waals surface area contributed by atoms with Gasteiger partial charge in [-0.05, 0) is 31.4 Å². The number of rotatable bonds is 3. The van der Waals surface area contributed by atoms with Crippen molar-refractivity contribution in [2.45, 2.75) is 25.8 Å². The smallest absolute Gasteiger partial charge is 0.226 e. The molecule has 4 heteroatoms. The minimum atomic E-state index is 0.152. The molecule has 0 unspecified atom stereocenters. The molecule has 0 radical (unpaired) electrons. The minimum absolute atomic E-state index is 0.152. The summed E-state index contributed by atoms with van der Waals surface area (Å²) in [6.07, 6.45) is 7.16. The monoisotopic (exact) mass is 286 g/mol. The minimum Gasteiger partial charge on any atom is -0.339 e. The summed E-state index contributed by atoms with van der Waals surface area (Å²) in [7, 11) is 1.88. The van der Waals surface area contributed by atoms with E-state index in [0.717, 1.165) is 29.8 Å². The highest BCUT2D eigenvalue weighted by atomic mass is 32.1. The lowest BCUT2D eigenvalue weighted by atomic mass is 9.93. The van der Waals surface area contributed by atoms with Crippen LogP contribution in [0.4, 0.5) is 0 Å². The van der Waals surface area contributed by atoms with Crippen LogP contribution in [0.15, 0.2) is 36.4 Å². The van der Waals surface area contributed by atoms with E-state index in [1.165, 1.54) is 4.70 Å². The van der Waals surface area contributed by atoms with Gasteiger partial charge in [-0.15, -0.1) is 11.3 Å². The first kappa shape index (κ1) is 13.3. The Morgan fingerprint density at radius 1 is 1.40 bits per heavy atom. The Kier molecular flexibility index (Phi) is 3.83. The third-order valence-corrected chi connectivity index (χ3v) is 4.73. The highest BCUT2D eigenvalue weighted by Crippen LogP contribution is 2.24. The van der Waals surface area contributed by atoms with Crippen LogP contribution >= 0.6 is 11.3 Å². The van der Waals surface area contributed by atoms with Gasteiger partial charge >= 0.3 is 0 Å². The number of benzene rings is 1. The summed E-state index contributed by atoms with van der Waals surface area (Å²) in [5.74, 6) is 0.396. The van der Waals surface area contributed by atoms with Crippen molar-refractivity contribution >= 4 is 27.5 Å². The average Bonchev–Trinajstić information content (AvgIpc) is 2.89. The predicted octanol–water partition coefficient (Wildman–Crippen LogP) is 3.61. The van der Waals surface area contributed by atoms with Gasteiger partial charge in [0.25, 0.3) is 0 Å². The Morgan fingerprint density at radius 3 is 3.00 bits per heavy atom. The molecule has 3 rings (SSSR count). The molecule has 104 valence electrons. The number of carbonyl (C=O) groups excluding carboxylic acids is 1. The molecule has 0 bridgehead atoms. The van der Waals surface area contributed by atoms with Gasteiger partial charge in [0, 0.05) is 13.0 Å². The lowest BCUT2D eigenvalue weighted by Crippen LogP contribution is -2.32. The SMILES string of the molecule is CN(Cc1nc2ccccc2s1)C(=O)[C@@H]1CC=CCC1. The maximum absolute atomic E-state index is 12.4. The first-order valence-corrected chi connectivity index (χ1v) is 7.80. The van der Waals surface area contributed by atoms with Crippen LogP contribution in [0, 0.1) is 5.92 Å². The topological polar surface area (TPSA) is 33.2 Å². The van der Waals surface area contributed by atoms with Gasteiger partial charge in [-0.1, -0.05) is 24.3 Å². The Bertz CT molecular complexity index is 614. The number of fused-ring (bicyclic) bond motifs is 1. The molecule has 3 nitrogen and oxygen atoms in total. The van der Waals surface area contributed by atoms with Crippen LogP contribution in [0.25, 0.3) is 10.2 Å². The fourth-order valence-electron chi connectivity index (χ4n) is 2.60. The van der Waals surface area contributed by atoms with Crippen molar-refractivity contribution in [3.05, 3.63) is 41.4 Å². The fourth-order valence-corrected chi connectivity index (χ4v) is 3.62. The normalized spacial score (nSPS) is 18.4. The van der Waals surface area contributed by atoms with Crippen molar-refractivity contribution in [2.24, 2.45) is 5.92 Å². The van der Waals surface area contributed by atoms with Gasteiger partial charge in [-0.2, -0.15) is 0 Å². The second kappa shape index (κ2) is 5.75. The highest BCUT2D eigenvalue weighted by Gasteiger charge is 2.22. The predicted molar refractivity (Wildman–Crippen MR) is 82.6 cm³/mol. The van der Waals surface area contributed by atoms with Crippen molar-refractivity contribution in [1.82, 2.24) is 9.88 Å². The van der Waals surface area contributed by atoms with Crippen LogP contribution in [0.2, 0.25) is 0 Å². The number of amides is 1. The summed E-state index contributed by atoms with van der Waals surface area (Å²) >= 11 is 1.67. The molecule has 2 aromatic rings. The molecule has 0 spiro atoms. The van der Waals surface area contributed by atoms with Crippen molar-refractivity contribution in [2.75, 3.05) is 7.05 Å². The van der Waals surface area contributed by atoms with E-state index in [1.54, 1.807) is 11.3 Å². The zero-order valence-electron chi connectivity index (χ0n) is 11.6. The van der Waals surface area contributed by atoms with E-state index in [4.69, 9.17) is 0 Å². The van der Waals surface area contributed by atoms with Crippen LogP contribution in [-0.4, -0.2) is 22.8 Å². The zero-order chi connectivity index (χ0) is 13.9. The van der Waals surface area contributed by atoms with Crippen LogP contribution in [0.5, 0.6) is 0 Å². The molecule has 0 saturated carbocycles. The maximum atomic E-state index is 12.4. The molecule has 1 aliphatic carbocycles. The van der Waals surface area contributed by atoms with Crippen LogP contribution < -0.4 is 0 Å². The van der Waals surface area contributed by atoms with Crippen molar-refractivity contribution < 1.29 is 4.79 Å². The summed E-state index contributed by atoms with van der Waals surface area (Å²) in [4.78, 5) is 18.8. The lowest BCUT2D eigenvalue weighted by molar-refractivity contribution is -0.135. The molecule has 0 aliphatic heterocycles.